The maximum atomic E-state index is 12.2. The van der Waals surface area contributed by atoms with E-state index in [0.29, 0.717) is 64.2 Å². The van der Waals surface area contributed by atoms with Crippen molar-refractivity contribution < 1.29 is 28.6 Å². The number of hydrogen-bond donors (Lipinski definition) is 5. The lowest BCUT2D eigenvalue weighted by Gasteiger charge is -2.32. The number of nitrogens with two attached hydrogens (primary N) is 2. The van der Waals surface area contributed by atoms with E-state index in [2.05, 4.69) is 31.9 Å². The number of primary amides is 2. The summed E-state index contributed by atoms with van der Waals surface area (Å²) >= 11 is 0. The van der Waals surface area contributed by atoms with Gasteiger partial charge >= 0.3 is 6.09 Å². The van der Waals surface area contributed by atoms with Crippen LogP contribution < -0.4 is 36.9 Å². The third kappa shape index (κ3) is 9.37. The quantitative estimate of drug-likeness (QED) is 0.111. The average Bonchev–Trinajstić information content (AvgIpc) is 3.66. The van der Waals surface area contributed by atoms with Crippen molar-refractivity contribution in [2.24, 2.45) is 11.5 Å². The summed E-state index contributed by atoms with van der Waals surface area (Å²) in [5.41, 5.74) is 13.8. The first-order valence-electron chi connectivity index (χ1n) is 17.5. The number of benzene rings is 2. The van der Waals surface area contributed by atoms with Crippen molar-refractivity contribution >= 4 is 51.9 Å². The Hall–Kier alpha value is -5.77. The van der Waals surface area contributed by atoms with Crippen LogP contribution in [-0.2, 0) is 17.8 Å². The zero-order valence-corrected chi connectivity index (χ0v) is 31.2. The number of nitrogens with one attached hydrogen (secondary N) is 3. The van der Waals surface area contributed by atoms with Crippen LogP contribution in [0.15, 0.2) is 48.6 Å². The number of piperidine rings is 1. The highest BCUT2D eigenvalue weighted by Gasteiger charge is 2.23. The highest BCUT2D eigenvalue weighted by molar-refractivity contribution is 5.99. The van der Waals surface area contributed by atoms with Crippen molar-refractivity contribution in [2.75, 3.05) is 58.1 Å². The van der Waals surface area contributed by atoms with Gasteiger partial charge in [0.1, 0.15) is 34.7 Å². The number of allylic oxidation sites excluding steroid dienone is 2. The molecule has 2 aromatic heterocycles. The molecular formula is C37H50N10O6. The smallest absolute Gasteiger partial charge is 0.407 e. The van der Waals surface area contributed by atoms with E-state index in [0.717, 1.165) is 38.0 Å². The second-order valence-electron chi connectivity index (χ2n) is 13.7. The summed E-state index contributed by atoms with van der Waals surface area (Å²) in [7, 11) is 5.08. The fourth-order valence-electron chi connectivity index (χ4n) is 6.27. The lowest BCUT2D eigenvalue weighted by Crippen LogP contribution is -2.46. The van der Waals surface area contributed by atoms with E-state index < -0.39 is 17.4 Å². The summed E-state index contributed by atoms with van der Waals surface area (Å²) in [6, 6.07) is 6.65. The topological polar surface area (TPSA) is 206 Å². The lowest BCUT2D eigenvalue weighted by molar-refractivity contribution is 0.0480. The minimum Gasteiger partial charge on any atom is -0.494 e. The molecule has 7 N–H and O–H groups in total. The largest absolute Gasteiger partial charge is 0.494 e. The molecule has 0 spiro atoms. The summed E-state index contributed by atoms with van der Waals surface area (Å²) < 4.78 is 21.1. The first-order valence-corrected chi connectivity index (χ1v) is 17.5. The number of carbonyl (C=O) groups is 3. The molecule has 1 saturated heterocycles. The second kappa shape index (κ2) is 16.7. The molecule has 0 bridgehead atoms. The van der Waals surface area contributed by atoms with Gasteiger partial charge in [0.25, 0.3) is 0 Å². The van der Waals surface area contributed by atoms with Crippen LogP contribution in [0.3, 0.4) is 0 Å². The monoisotopic (exact) mass is 730 g/mol. The number of amides is 3. The number of nitrogens with zero attached hydrogens (tertiary/aromatic N) is 5. The van der Waals surface area contributed by atoms with Crippen LogP contribution in [0, 0.1) is 0 Å². The number of likely N-dealkylation sites (tertiary alicyclic amines) is 1. The molecule has 5 rings (SSSR count). The summed E-state index contributed by atoms with van der Waals surface area (Å²) in [5, 5.41) is 9.22. The molecule has 0 unspecified atom stereocenters. The van der Waals surface area contributed by atoms with Crippen molar-refractivity contribution in [2.45, 2.75) is 58.3 Å². The number of aromatic nitrogens is 4. The molecule has 1 fully saturated rings. The Morgan fingerprint density at radius 2 is 1.32 bits per heavy atom. The molecule has 4 aromatic rings. The van der Waals surface area contributed by atoms with Gasteiger partial charge in [-0.2, -0.15) is 0 Å². The lowest BCUT2D eigenvalue weighted by atomic mass is 10.1. The Morgan fingerprint density at radius 3 is 1.81 bits per heavy atom. The van der Waals surface area contributed by atoms with Gasteiger partial charge in [-0.3, -0.25) is 14.5 Å². The molecule has 1 aliphatic heterocycles. The SMILES string of the molecule is CNc1nc2cc(C(N)=O)cc(OC)c2n1C/C=C/Cn1c(NC)nc2cc(C(N)=O)cc(OC/C=C\CN3CCC(NC(=O)OC(C)(C)C)CC3)c21. The van der Waals surface area contributed by atoms with Crippen LogP contribution in [0.5, 0.6) is 11.5 Å². The molecule has 284 valence electrons. The summed E-state index contributed by atoms with van der Waals surface area (Å²) in [5.74, 6) is 0.990. The van der Waals surface area contributed by atoms with Crippen LogP contribution in [0.25, 0.3) is 22.1 Å². The number of imidazole rings is 2. The maximum Gasteiger partial charge on any atom is 0.407 e. The number of anilines is 2. The van der Waals surface area contributed by atoms with Gasteiger partial charge in [-0.1, -0.05) is 24.3 Å². The van der Waals surface area contributed by atoms with Crippen molar-refractivity contribution in [3.63, 3.8) is 0 Å². The minimum atomic E-state index is -0.580. The van der Waals surface area contributed by atoms with E-state index in [1.165, 1.54) is 7.11 Å². The zero-order valence-electron chi connectivity index (χ0n) is 31.2. The van der Waals surface area contributed by atoms with E-state index in [1.807, 2.05) is 48.1 Å². The normalized spacial score (nSPS) is 14.3. The molecule has 0 saturated carbocycles. The molecule has 53 heavy (non-hydrogen) atoms. The molecule has 0 aliphatic carbocycles. The summed E-state index contributed by atoms with van der Waals surface area (Å²) in [4.78, 5) is 47.9. The number of methoxy groups -OCH3 is 1. The second-order valence-corrected chi connectivity index (χ2v) is 13.7. The predicted octanol–water partition coefficient (Wildman–Crippen LogP) is 3.86. The molecule has 3 amide bonds. The average molecular weight is 731 g/mol. The van der Waals surface area contributed by atoms with Crippen LogP contribution in [0.4, 0.5) is 16.7 Å². The molecule has 0 radical (unpaired) electrons. The van der Waals surface area contributed by atoms with E-state index in [-0.39, 0.29) is 18.7 Å². The van der Waals surface area contributed by atoms with E-state index in [9.17, 15) is 14.4 Å². The first kappa shape index (κ1) is 38.5. The van der Waals surface area contributed by atoms with Gasteiger partial charge in [0, 0.05) is 64.0 Å². The molecule has 16 heteroatoms. The third-order valence-electron chi connectivity index (χ3n) is 8.77. The summed E-state index contributed by atoms with van der Waals surface area (Å²) in [6.45, 7) is 9.14. The van der Waals surface area contributed by atoms with Gasteiger partial charge in [0.2, 0.25) is 23.7 Å². The third-order valence-corrected chi connectivity index (χ3v) is 8.77. The van der Waals surface area contributed by atoms with Crippen molar-refractivity contribution in [1.82, 2.24) is 29.3 Å². The Balaban J connectivity index is 1.27. The van der Waals surface area contributed by atoms with Gasteiger partial charge in [0.15, 0.2) is 0 Å². The van der Waals surface area contributed by atoms with Crippen LogP contribution in [-0.4, -0.2) is 101 Å². The van der Waals surface area contributed by atoms with Crippen molar-refractivity contribution in [3.8, 4) is 11.5 Å². The number of ether oxygens (including phenoxy) is 3. The fraction of sp³-hybridized carbons (Fsp3) is 0.432. The van der Waals surface area contributed by atoms with E-state index in [4.69, 9.17) is 30.7 Å². The highest BCUT2D eigenvalue weighted by Crippen LogP contribution is 2.32. The Bertz CT molecular complexity index is 2020. The van der Waals surface area contributed by atoms with Gasteiger partial charge < -0.3 is 50.8 Å². The number of fused-ring (bicyclic) bond motifs is 2. The maximum absolute atomic E-state index is 12.2. The van der Waals surface area contributed by atoms with Gasteiger partial charge in [-0.25, -0.2) is 14.8 Å². The Labute approximate surface area is 308 Å². The van der Waals surface area contributed by atoms with Crippen molar-refractivity contribution in [3.05, 3.63) is 59.7 Å². The van der Waals surface area contributed by atoms with E-state index >= 15 is 0 Å². The van der Waals surface area contributed by atoms with E-state index in [1.54, 1.807) is 38.4 Å². The molecule has 2 aromatic carbocycles. The molecule has 0 atom stereocenters. The molecule has 3 heterocycles. The molecule has 16 nitrogen and oxygen atoms in total. The van der Waals surface area contributed by atoms with Crippen LogP contribution in [0.2, 0.25) is 0 Å². The fourth-order valence-corrected chi connectivity index (χ4v) is 6.27. The van der Waals surface area contributed by atoms with Crippen molar-refractivity contribution in [1.29, 1.82) is 0 Å². The number of carbonyl (C=O) groups excluding carboxylic acids is 3. The minimum absolute atomic E-state index is 0.0914. The Kier molecular flexibility index (Phi) is 12.1. The van der Waals surface area contributed by atoms with Crippen LogP contribution in [0.1, 0.15) is 54.3 Å². The molecule has 1 aliphatic rings. The highest BCUT2D eigenvalue weighted by atomic mass is 16.6. The standard InChI is InChI=1S/C37H50N10O6/c1-37(2,3)53-36(50)42-25-11-16-45(17-12-25)13-9-10-18-52-29-22-24(33(39)49)20-27-31(29)47(35(41-5)44-27)15-8-7-14-46-30-26(43-34(46)40-4)19-23(32(38)48)21-28(30)51-6/h7-10,19-22,25H,11-18H2,1-6H3,(H2,38,48)(H2,39,49)(H,40,43)(H,41,44)(H,42,50)/b8-7+,10-9-. The van der Waals surface area contributed by atoms with Gasteiger partial charge in [0.05, 0.1) is 18.1 Å². The Morgan fingerprint density at radius 1 is 0.811 bits per heavy atom. The predicted molar refractivity (Wildman–Crippen MR) is 205 cm³/mol. The molecular weight excluding hydrogens is 680 g/mol. The van der Waals surface area contributed by atoms with Crippen LogP contribution >= 0.6 is 0 Å². The number of alkyl carbamates (subject to hydrolysis) is 1. The van der Waals surface area contributed by atoms with Gasteiger partial charge in [-0.15, -0.1) is 0 Å². The summed E-state index contributed by atoms with van der Waals surface area (Å²) in [6.07, 6.45) is 9.30. The number of hydrogen-bond acceptors (Lipinski definition) is 11. The number of rotatable bonds is 15. The zero-order chi connectivity index (χ0) is 38.3. The van der Waals surface area contributed by atoms with Gasteiger partial charge in [-0.05, 0) is 57.9 Å². The first-order chi connectivity index (χ1) is 25.3.